The van der Waals surface area contributed by atoms with E-state index in [0.29, 0.717) is 0 Å². The van der Waals surface area contributed by atoms with Gasteiger partial charge in [-0.3, -0.25) is 9.69 Å². The van der Waals surface area contributed by atoms with Crippen molar-refractivity contribution in [2.75, 3.05) is 6.54 Å². The van der Waals surface area contributed by atoms with E-state index in [1.165, 1.54) is 16.7 Å². The number of nitrogens with zero attached hydrogens (tertiary/aromatic N) is 1. The van der Waals surface area contributed by atoms with Gasteiger partial charge in [0, 0.05) is 31.9 Å². The van der Waals surface area contributed by atoms with Crippen LogP contribution in [0.4, 0.5) is 0 Å². The van der Waals surface area contributed by atoms with E-state index in [4.69, 9.17) is 0 Å². The summed E-state index contributed by atoms with van der Waals surface area (Å²) >= 11 is 0. The number of H-pyrrole nitrogens is 1. The first kappa shape index (κ1) is 12.2. The molecule has 0 saturated heterocycles. The maximum absolute atomic E-state index is 11.3. The van der Waals surface area contributed by atoms with Gasteiger partial charge in [0.25, 0.3) is 0 Å². The van der Waals surface area contributed by atoms with E-state index in [9.17, 15) is 4.79 Å². The van der Waals surface area contributed by atoms with Gasteiger partial charge in [0.2, 0.25) is 5.56 Å². The lowest BCUT2D eigenvalue weighted by Gasteiger charge is -2.29. The highest BCUT2D eigenvalue weighted by molar-refractivity contribution is 5.36. The number of fused-ring (bicyclic) bond motifs is 1. The zero-order valence-corrected chi connectivity index (χ0v) is 11.1. The molecule has 98 valence electrons. The van der Waals surface area contributed by atoms with Crippen LogP contribution in [-0.4, -0.2) is 16.4 Å². The van der Waals surface area contributed by atoms with Crippen molar-refractivity contribution in [3.63, 3.8) is 0 Å². The first-order valence-electron chi connectivity index (χ1n) is 6.70. The van der Waals surface area contributed by atoms with Crippen LogP contribution in [0.3, 0.4) is 0 Å². The molecule has 1 aromatic heterocycles. The Hall–Kier alpha value is -1.87. The molecule has 0 atom stereocenters. The third-order valence-electron chi connectivity index (χ3n) is 3.83. The molecule has 0 unspecified atom stereocenters. The minimum absolute atomic E-state index is 0.0221. The summed E-state index contributed by atoms with van der Waals surface area (Å²) in [6.45, 7) is 5.06. The molecular weight excluding hydrogens is 236 g/mol. The van der Waals surface area contributed by atoms with Crippen LogP contribution in [0.5, 0.6) is 0 Å². The number of nitrogens with one attached hydrogen (secondary N) is 1. The molecule has 0 amide bonds. The fourth-order valence-electron chi connectivity index (χ4n) is 2.79. The number of pyridine rings is 1. The number of aromatic amines is 1. The lowest BCUT2D eigenvalue weighted by atomic mass is 9.95. The van der Waals surface area contributed by atoms with Gasteiger partial charge < -0.3 is 4.98 Å². The Kier molecular flexibility index (Phi) is 3.22. The molecule has 0 radical (unpaired) electrons. The van der Waals surface area contributed by atoms with Gasteiger partial charge in [-0.25, -0.2) is 0 Å². The molecule has 0 spiro atoms. The molecule has 0 saturated carbocycles. The highest BCUT2D eigenvalue weighted by Crippen LogP contribution is 2.23. The van der Waals surface area contributed by atoms with Crippen LogP contribution in [-0.2, 0) is 19.5 Å². The van der Waals surface area contributed by atoms with Gasteiger partial charge in [-0.15, -0.1) is 0 Å². The average Bonchev–Trinajstić information content (AvgIpc) is 2.40. The first-order valence-corrected chi connectivity index (χ1v) is 6.70. The molecule has 2 heterocycles. The van der Waals surface area contributed by atoms with Crippen molar-refractivity contribution in [2.45, 2.75) is 26.4 Å². The van der Waals surface area contributed by atoms with E-state index in [2.05, 4.69) is 35.0 Å². The molecular formula is C16H18N2O. The molecule has 3 rings (SSSR count). The van der Waals surface area contributed by atoms with E-state index < -0.39 is 0 Å². The van der Waals surface area contributed by atoms with Gasteiger partial charge in [-0.05, 0) is 41.7 Å². The van der Waals surface area contributed by atoms with Crippen molar-refractivity contribution >= 4 is 0 Å². The molecule has 1 aliphatic rings. The van der Waals surface area contributed by atoms with Crippen LogP contribution in [0.1, 0.15) is 22.3 Å². The topological polar surface area (TPSA) is 36.1 Å². The van der Waals surface area contributed by atoms with Gasteiger partial charge in [0.05, 0.1) is 0 Å². The number of aryl methyl sites for hydroxylation is 1. The van der Waals surface area contributed by atoms with Crippen LogP contribution in [0.25, 0.3) is 0 Å². The Labute approximate surface area is 112 Å². The second kappa shape index (κ2) is 5.02. The van der Waals surface area contributed by atoms with Gasteiger partial charge in [-0.2, -0.15) is 0 Å². The Morgan fingerprint density at radius 2 is 2.21 bits per heavy atom. The van der Waals surface area contributed by atoms with E-state index in [-0.39, 0.29) is 5.56 Å². The number of aromatic nitrogens is 1. The minimum Gasteiger partial charge on any atom is -0.329 e. The van der Waals surface area contributed by atoms with Crippen molar-refractivity contribution in [1.29, 1.82) is 0 Å². The average molecular weight is 254 g/mol. The fraction of sp³-hybridized carbons (Fsp3) is 0.312. The molecule has 1 aliphatic heterocycles. The van der Waals surface area contributed by atoms with Crippen LogP contribution < -0.4 is 5.56 Å². The molecule has 0 aliphatic carbocycles. The minimum atomic E-state index is -0.0221. The lowest BCUT2D eigenvalue weighted by molar-refractivity contribution is 0.245. The van der Waals surface area contributed by atoms with Crippen LogP contribution in [0, 0.1) is 6.92 Å². The van der Waals surface area contributed by atoms with Gasteiger partial charge in [0.1, 0.15) is 0 Å². The second-order valence-corrected chi connectivity index (χ2v) is 5.23. The zero-order valence-electron chi connectivity index (χ0n) is 11.1. The van der Waals surface area contributed by atoms with Crippen molar-refractivity contribution in [2.24, 2.45) is 0 Å². The van der Waals surface area contributed by atoms with E-state index in [1.54, 1.807) is 12.3 Å². The number of benzene rings is 1. The molecule has 1 aromatic carbocycles. The van der Waals surface area contributed by atoms with E-state index in [1.807, 2.05) is 6.07 Å². The SMILES string of the molecule is Cc1cccc2c1CN(Cc1cc[nH]c(=O)c1)CC2. The Bertz CT molecular complexity index is 645. The van der Waals surface area contributed by atoms with Crippen LogP contribution in [0.2, 0.25) is 0 Å². The Morgan fingerprint density at radius 3 is 3.05 bits per heavy atom. The van der Waals surface area contributed by atoms with E-state index in [0.717, 1.165) is 31.6 Å². The first-order chi connectivity index (χ1) is 9.22. The monoisotopic (exact) mass is 254 g/mol. The Balaban J connectivity index is 1.79. The fourth-order valence-corrected chi connectivity index (χ4v) is 2.79. The molecule has 1 N–H and O–H groups in total. The summed E-state index contributed by atoms with van der Waals surface area (Å²) in [7, 11) is 0. The van der Waals surface area contributed by atoms with Gasteiger partial charge >= 0.3 is 0 Å². The Morgan fingerprint density at radius 1 is 1.32 bits per heavy atom. The molecule has 3 heteroatoms. The quantitative estimate of drug-likeness (QED) is 0.892. The molecule has 0 fully saturated rings. The van der Waals surface area contributed by atoms with Crippen molar-refractivity contribution in [1.82, 2.24) is 9.88 Å². The number of rotatable bonds is 2. The van der Waals surface area contributed by atoms with Crippen molar-refractivity contribution in [3.8, 4) is 0 Å². The second-order valence-electron chi connectivity index (χ2n) is 5.23. The zero-order chi connectivity index (χ0) is 13.2. The molecule has 2 aromatic rings. The third-order valence-corrected chi connectivity index (χ3v) is 3.83. The van der Waals surface area contributed by atoms with Gasteiger partial charge in [-0.1, -0.05) is 18.2 Å². The maximum atomic E-state index is 11.3. The summed E-state index contributed by atoms with van der Waals surface area (Å²) in [5, 5.41) is 0. The number of hydrogen-bond donors (Lipinski definition) is 1. The summed E-state index contributed by atoms with van der Waals surface area (Å²) in [5.41, 5.74) is 5.36. The highest BCUT2D eigenvalue weighted by atomic mass is 16.1. The molecule has 3 nitrogen and oxygen atoms in total. The third kappa shape index (κ3) is 2.61. The lowest BCUT2D eigenvalue weighted by Crippen LogP contribution is -2.30. The summed E-state index contributed by atoms with van der Waals surface area (Å²) in [6.07, 6.45) is 2.82. The highest BCUT2D eigenvalue weighted by Gasteiger charge is 2.17. The summed E-state index contributed by atoms with van der Waals surface area (Å²) in [4.78, 5) is 16.4. The molecule has 0 bridgehead atoms. The van der Waals surface area contributed by atoms with Gasteiger partial charge in [0.15, 0.2) is 0 Å². The van der Waals surface area contributed by atoms with Crippen LogP contribution >= 0.6 is 0 Å². The predicted molar refractivity (Wildman–Crippen MR) is 76.1 cm³/mol. The summed E-state index contributed by atoms with van der Waals surface area (Å²) in [6, 6.07) is 10.2. The predicted octanol–water partition coefficient (Wildman–Crippen LogP) is 2.24. The number of hydrogen-bond acceptors (Lipinski definition) is 2. The maximum Gasteiger partial charge on any atom is 0.248 e. The smallest absolute Gasteiger partial charge is 0.248 e. The van der Waals surface area contributed by atoms with Crippen molar-refractivity contribution in [3.05, 3.63) is 69.1 Å². The normalized spacial score (nSPS) is 15.2. The van der Waals surface area contributed by atoms with Crippen LogP contribution in [0.15, 0.2) is 41.3 Å². The van der Waals surface area contributed by atoms with E-state index >= 15 is 0 Å². The van der Waals surface area contributed by atoms with Crippen molar-refractivity contribution < 1.29 is 0 Å². The summed E-state index contributed by atoms with van der Waals surface area (Å²) in [5.74, 6) is 0. The molecule has 19 heavy (non-hydrogen) atoms. The largest absolute Gasteiger partial charge is 0.329 e. The summed E-state index contributed by atoms with van der Waals surface area (Å²) < 4.78 is 0. The standard InChI is InChI=1S/C16H18N2O/c1-12-3-2-4-14-6-8-18(11-15(12)14)10-13-5-7-17-16(19)9-13/h2-5,7,9H,6,8,10-11H2,1H3,(H,17,19).